The maximum absolute atomic E-state index is 11.9. The Morgan fingerprint density at radius 1 is 0.917 bits per heavy atom. The van der Waals surface area contributed by atoms with E-state index < -0.39 is 0 Å². The Balaban J connectivity index is 1.87. The van der Waals surface area contributed by atoms with Crippen molar-refractivity contribution in [2.24, 2.45) is 0 Å². The molecule has 2 aromatic carbocycles. The van der Waals surface area contributed by atoms with Crippen molar-refractivity contribution >= 4 is 12.0 Å². The molecule has 0 unspecified atom stereocenters. The van der Waals surface area contributed by atoms with Gasteiger partial charge in [-0.3, -0.25) is 0 Å². The molecule has 0 N–H and O–H groups in total. The minimum absolute atomic E-state index is 0.385. The van der Waals surface area contributed by atoms with E-state index in [0.717, 1.165) is 30.6 Å². The predicted octanol–water partition coefficient (Wildman–Crippen LogP) is 5.05. The van der Waals surface area contributed by atoms with Crippen LogP contribution >= 0.6 is 0 Å². The van der Waals surface area contributed by atoms with E-state index in [2.05, 4.69) is 13.8 Å². The number of hydrogen-bond acceptors (Lipinski definition) is 3. The Bertz CT molecular complexity index is 654. The summed E-state index contributed by atoms with van der Waals surface area (Å²) in [7, 11) is 0. The normalized spacial score (nSPS) is 10.8. The molecule has 0 aliphatic carbocycles. The van der Waals surface area contributed by atoms with Gasteiger partial charge in [0.1, 0.15) is 11.5 Å². The molecule has 0 amide bonds. The van der Waals surface area contributed by atoms with E-state index in [-0.39, 0.29) is 5.97 Å². The Labute approximate surface area is 143 Å². The summed E-state index contributed by atoms with van der Waals surface area (Å²) in [6.07, 6.45) is 6.28. The fraction of sp³-hybridized carbons (Fsp3) is 0.286. The lowest BCUT2D eigenvalue weighted by molar-refractivity contribution is -0.128. The number of hydrogen-bond donors (Lipinski definition) is 0. The van der Waals surface area contributed by atoms with Gasteiger partial charge in [0.05, 0.1) is 6.61 Å². The van der Waals surface area contributed by atoms with Crippen molar-refractivity contribution in [3.05, 3.63) is 65.7 Å². The van der Waals surface area contributed by atoms with Crippen LogP contribution in [0, 0.1) is 0 Å². The number of esters is 1. The van der Waals surface area contributed by atoms with Crippen LogP contribution < -0.4 is 9.47 Å². The highest BCUT2D eigenvalue weighted by Crippen LogP contribution is 2.15. The van der Waals surface area contributed by atoms with Crippen LogP contribution in [-0.4, -0.2) is 12.6 Å². The number of benzene rings is 2. The second-order valence-electron chi connectivity index (χ2n) is 5.57. The molecule has 2 aromatic rings. The monoisotopic (exact) mass is 324 g/mol. The van der Waals surface area contributed by atoms with Gasteiger partial charge in [-0.25, -0.2) is 4.79 Å². The minimum atomic E-state index is -0.385. The van der Waals surface area contributed by atoms with E-state index in [1.165, 1.54) is 11.6 Å². The largest absolute Gasteiger partial charge is 0.494 e. The highest BCUT2D eigenvalue weighted by atomic mass is 16.5. The SMILES string of the molecule is CCCOc1ccc(/C=C/C(=O)Oc2ccc(CCC)cc2)cc1. The van der Waals surface area contributed by atoms with Crippen molar-refractivity contribution in [3.63, 3.8) is 0 Å². The highest BCUT2D eigenvalue weighted by Gasteiger charge is 2.01. The molecule has 126 valence electrons. The smallest absolute Gasteiger partial charge is 0.336 e. The van der Waals surface area contributed by atoms with Crippen LogP contribution in [0.1, 0.15) is 37.8 Å². The molecule has 0 saturated carbocycles. The number of aryl methyl sites for hydroxylation is 1. The predicted molar refractivity (Wildman–Crippen MR) is 97.3 cm³/mol. The zero-order valence-electron chi connectivity index (χ0n) is 14.3. The van der Waals surface area contributed by atoms with Crippen LogP contribution in [0.2, 0.25) is 0 Å². The molecule has 0 bridgehead atoms. The maximum Gasteiger partial charge on any atom is 0.336 e. The Hall–Kier alpha value is -2.55. The van der Waals surface area contributed by atoms with Crippen molar-refractivity contribution in [3.8, 4) is 11.5 Å². The van der Waals surface area contributed by atoms with E-state index in [9.17, 15) is 4.79 Å². The van der Waals surface area contributed by atoms with E-state index in [1.54, 1.807) is 6.08 Å². The first-order valence-corrected chi connectivity index (χ1v) is 8.43. The van der Waals surface area contributed by atoms with Gasteiger partial charge in [-0.05, 0) is 54.3 Å². The Kier molecular flexibility index (Phi) is 7.09. The first-order valence-electron chi connectivity index (χ1n) is 8.43. The third-order valence-corrected chi connectivity index (χ3v) is 3.45. The van der Waals surface area contributed by atoms with E-state index in [4.69, 9.17) is 9.47 Å². The van der Waals surface area contributed by atoms with Crippen molar-refractivity contribution in [1.29, 1.82) is 0 Å². The van der Waals surface area contributed by atoms with Crippen LogP contribution in [0.4, 0.5) is 0 Å². The van der Waals surface area contributed by atoms with Crippen LogP contribution in [-0.2, 0) is 11.2 Å². The average molecular weight is 324 g/mol. The molecule has 0 spiro atoms. The van der Waals surface area contributed by atoms with Crippen LogP contribution in [0.5, 0.6) is 11.5 Å². The van der Waals surface area contributed by atoms with Crippen LogP contribution in [0.3, 0.4) is 0 Å². The van der Waals surface area contributed by atoms with Gasteiger partial charge in [-0.1, -0.05) is 44.5 Å². The fourth-order valence-electron chi connectivity index (χ4n) is 2.22. The summed E-state index contributed by atoms with van der Waals surface area (Å²) in [6.45, 7) is 4.92. The molecule has 3 heteroatoms. The lowest BCUT2D eigenvalue weighted by atomic mass is 10.1. The molecule has 0 aliphatic heterocycles. The van der Waals surface area contributed by atoms with Crippen LogP contribution in [0.15, 0.2) is 54.6 Å². The summed E-state index contributed by atoms with van der Waals surface area (Å²) in [5, 5.41) is 0. The number of carbonyl (C=O) groups excluding carboxylic acids is 1. The van der Waals surface area contributed by atoms with E-state index in [1.807, 2.05) is 48.5 Å². The van der Waals surface area contributed by atoms with Gasteiger partial charge >= 0.3 is 5.97 Å². The second-order valence-corrected chi connectivity index (χ2v) is 5.57. The number of ether oxygens (including phenoxy) is 2. The number of carbonyl (C=O) groups is 1. The van der Waals surface area contributed by atoms with Crippen molar-refractivity contribution in [2.45, 2.75) is 33.1 Å². The second kappa shape index (κ2) is 9.56. The molecule has 0 saturated heterocycles. The molecule has 0 aromatic heterocycles. The first-order chi connectivity index (χ1) is 11.7. The molecular formula is C21H24O3. The Morgan fingerprint density at radius 2 is 1.58 bits per heavy atom. The first kappa shape index (κ1) is 17.8. The van der Waals surface area contributed by atoms with Crippen molar-refractivity contribution < 1.29 is 14.3 Å². The molecule has 24 heavy (non-hydrogen) atoms. The van der Waals surface area contributed by atoms with Gasteiger partial charge < -0.3 is 9.47 Å². The van der Waals surface area contributed by atoms with Gasteiger partial charge in [-0.15, -0.1) is 0 Å². The topological polar surface area (TPSA) is 35.5 Å². The molecule has 2 rings (SSSR count). The molecule has 0 heterocycles. The van der Waals surface area contributed by atoms with Gasteiger partial charge in [-0.2, -0.15) is 0 Å². The molecule has 0 atom stereocenters. The van der Waals surface area contributed by atoms with Gasteiger partial charge in [0.2, 0.25) is 0 Å². The lowest BCUT2D eigenvalue weighted by Crippen LogP contribution is -2.03. The summed E-state index contributed by atoms with van der Waals surface area (Å²) < 4.78 is 10.8. The van der Waals surface area contributed by atoms with Crippen molar-refractivity contribution in [2.75, 3.05) is 6.61 Å². The van der Waals surface area contributed by atoms with Crippen LogP contribution in [0.25, 0.3) is 6.08 Å². The summed E-state index contributed by atoms with van der Waals surface area (Å²) in [4.78, 5) is 11.9. The molecule has 0 radical (unpaired) electrons. The maximum atomic E-state index is 11.9. The zero-order chi connectivity index (χ0) is 17.2. The molecule has 0 fully saturated rings. The third kappa shape index (κ3) is 5.92. The summed E-state index contributed by atoms with van der Waals surface area (Å²) in [5.74, 6) is 1.01. The molecular weight excluding hydrogens is 300 g/mol. The Morgan fingerprint density at radius 3 is 2.21 bits per heavy atom. The van der Waals surface area contributed by atoms with Gasteiger partial charge in [0.15, 0.2) is 0 Å². The minimum Gasteiger partial charge on any atom is -0.494 e. The fourth-order valence-corrected chi connectivity index (χ4v) is 2.22. The van der Waals surface area contributed by atoms with Gasteiger partial charge in [0, 0.05) is 6.08 Å². The zero-order valence-corrected chi connectivity index (χ0v) is 14.3. The molecule has 0 aliphatic rings. The highest BCUT2D eigenvalue weighted by molar-refractivity contribution is 5.88. The average Bonchev–Trinajstić information content (AvgIpc) is 2.61. The third-order valence-electron chi connectivity index (χ3n) is 3.45. The standard InChI is InChI=1S/C21H24O3/c1-3-5-17-8-13-20(14-9-17)24-21(22)15-10-18-6-11-19(12-7-18)23-16-4-2/h6-15H,3-5,16H2,1-2H3/b15-10+. The van der Waals surface area contributed by atoms with E-state index in [0.29, 0.717) is 12.4 Å². The lowest BCUT2D eigenvalue weighted by Gasteiger charge is -2.04. The quantitative estimate of drug-likeness (QED) is 0.387. The van der Waals surface area contributed by atoms with E-state index >= 15 is 0 Å². The number of rotatable bonds is 8. The summed E-state index contributed by atoms with van der Waals surface area (Å²) in [6, 6.07) is 15.3. The summed E-state index contributed by atoms with van der Waals surface area (Å²) in [5.41, 5.74) is 2.17. The molecule has 3 nitrogen and oxygen atoms in total. The van der Waals surface area contributed by atoms with Gasteiger partial charge in [0.25, 0.3) is 0 Å². The summed E-state index contributed by atoms with van der Waals surface area (Å²) >= 11 is 0. The van der Waals surface area contributed by atoms with Crippen molar-refractivity contribution in [1.82, 2.24) is 0 Å².